The maximum atomic E-state index is 13.0. The third-order valence-corrected chi connectivity index (χ3v) is 4.95. The van der Waals surface area contributed by atoms with Gasteiger partial charge in [-0.15, -0.1) is 0 Å². The summed E-state index contributed by atoms with van der Waals surface area (Å²) in [7, 11) is -3.71. The van der Waals surface area contributed by atoms with Crippen molar-refractivity contribution in [3.05, 3.63) is 76.8 Å². The number of sulfonamides is 1. The molecule has 1 unspecified atom stereocenters. The van der Waals surface area contributed by atoms with Crippen molar-refractivity contribution in [2.75, 3.05) is 0 Å². The first kappa shape index (κ1) is 18.9. The minimum atomic E-state index is -3.71. The highest BCUT2D eigenvalue weighted by atomic mass is 32.2. The van der Waals surface area contributed by atoms with Crippen LogP contribution in [0.4, 0.5) is 4.39 Å². The molecule has 1 atom stereocenters. The molecule has 6 nitrogen and oxygen atoms in total. The van der Waals surface area contributed by atoms with Crippen LogP contribution in [0.25, 0.3) is 17.5 Å². The fraction of sp³-hybridized carbons (Fsp3) is 0.158. The molecule has 0 bridgehead atoms. The number of nitrogens with zero attached hydrogens (tertiary/aromatic N) is 2. The van der Waals surface area contributed by atoms with Crippen molar-refractivity contribution < 1.29 is 17.3 Å². The molecule has 0 aliphatic rings. The van der Waals surface area contributed by atoms with Crippen LogP contribution in [-0.4, -0.2) is 18.6 Å². The van der Waals surface area contributed by atoms with E-state index in [0.29, 0.717) is 5.56 Å². The summed E-state index contributed by atoms with van der Waals surface area (Å²) in [4.78, 5) is 4.17. The van der Waals surface area contributed by atoms with Gasteiger partial charge in [0.25, 0.3) is 0 Å². The van der Waals surface area contributed by atoms with Crippen molar-refractivity contribution in [1.29, 1.82) is 0 Å². The number of hydrogen-bond donors (Lipinski definition) is 1. The maximum absolute atomic E-state index is 13.0. The van der Waals surface area contributed by atoms with Gasteiger partial charge in [-0.05, 0) is 49.8 Å². The van der Waals surface area contributed by atoms with Crippen LogP contribution < -0.4 is 4.72 Å². The van der Waals surface area contributed by atoms with Gasteiger partial charge in [-0.3, -0.25) is 0 Å². The molecule has 0 saturated carbocycles. The molecule has 1 aromatic heterocycles. The van der Waals surface area contributed by atoms with E-state index in [9.17, 15) is 12.8 Å². The molecule has 0 fully saturated rings. The summed E-state index contributed by atoms with van der Waals surface area (Å²) in [5, 5.41) is 4.90. The molecule has 3 rings (SSSR count). The number of hydrogen-bond acceptors (Lipinski definition) is 5. The van der Waals surface area contributed by atoms with Gasteiger partial charge in [0.05, 0.1) is 6.04 Å². The van der Waals surface area contributed by atoms with E-state index < -0.39 is 16.1 Å². The van der Waals surface area contributed by atoms with Gasteiger partial charge in [0.15, 0.2) is 0 Å². The minimum absolute atomic E-state index is 0.113. The van der Waals surface area contributed by atoms with Crippen molar-refractivity contribution >= 4 is 16.1 Å². The highest BCUT2D eigenvalue weighted by molar-refractivity contribution is 7.92. The molecule has 0 aliphatic carbocycles. The van der Waals surface area contributed by atoms with E-state index in [1.54, 1.807) is 6.92 Å². The summed E-state index contributed by atoms with van der Waals surface area (Å²) in [5.74, 6) is -0.00292. The van der Waals surface area contributed by atoms with Crippen LogP contribution in [0.3, 0.4) is 0 Å². The Morgan fingerprint density at radius 3 is 2.44 bits per heavy atom. The van der Waals surface area contributed by atoms with Gasteiger partial charge in [-0.2, -0.15) is 9.71 Å². The van der Waals surface area contributed by atoms with Crippen LogP contribution in [0.1, 0.15) is 30.0 Å². The lowest BCUT2D eigenvalue weighted by molar-refractivity contribution is 0.354. The second-order valence-corrected chi connectivity index (χ2v) is 7.66. The largest absolute Gasteiger partial charge is 0.337 e. The Labute approximate surface area is 156 Å². The average Bonchev–Trinajstić information content (AvgIpc) is 3.12. The smallest absolute Gasteiger partial charge is 0.244 e. The normalized spacial score (nSPS) is 13.1. The molecular formula is C19H18FN3O3S. The third kappa shape index (κ3) is 5.08. The topological polar surface area (TPSA) is 85.1 Å². The summed E-state index contributed by atoms with van der Waals surface area (Å²) >= 11 is 0. The lowest BCUT2D eigenvalue weighted by atomic mass is 10.2. The predicted molar refractivity (Wildman–Crippen MR) is 100 cm³/mol. The van der Waals surface area contributed by atoms with Crippen LogP contribution in [0.2, 0.25) is 0 Å². The zero-order valence-corrected chi connectivity index (χ0v) is 15.6. The van der Waals surface area contributed by atoms with E-state index in [0.717, 1.165) is 16.5 Å². The molecule has 0 radical (unpaired) electrons. The van der Waals surface area contributed by atoms with Crippen LogP contribution in [0, 0.1) is 12.7 Å². The summed E-state index contributed by atoms with van der Waals surface area (Å²) in [6.07, 6.45) is 1.51. The molecule has 27 heavy (non-hydrogen) atoms. The van der Waals surface area contributed by atoms with Gasteiger partial charge in [0, 0.05) is 11.0 Å². The summed E-state index contributed by atoms with van der Waals surface area (Å²) in [5.41, 5.74) is 2.44. The minimum Gasteiger partial charge on any atom is -0.337 e. The Morgan fingerprint density at radius 1 is 1.11 bits per heavy atom. The molecule has 0 amide bonds. The number of aryl methyl sites for hydroxylation is 1. The SMILES string of the molecule is Cc1ccc(/C=C/S(=O)(=O)NC(C)c2nc(-c3ccc(F)cc3)no2)cc1. The van der Waals surface area contributed by atoms with Gasteiger partial charge in [0.2, 0.25) is 21.7 Å². The second kappa shape index (κ2) is 7.81. The fourth-order valence-corrected chi connectivity index (χ4v) is 3.32. The van der Waals surface area contributed by atoms with Gasteiger partial charge in [0.1, 0.15) is 5.82 Å². The van der Waals surface area contributed by atoms with E-state index in [-0.39, 0.29) is 17.5 Å². The van der Waals surface area contributed by atoms with Gasteiger partial charge in [-0.1, -0.05) is 35.0 Å². The first-order valence-electron chi connectivity index (χ1n) is 8.19. The first-order valence-corrected chi connectivity index (χ1v) is 9.74. The molecule has 3 aromatic rings. The quantitative estimate of drug-likeness (QED) is 0.695. The second-order valence-electron chi connectivity index (χ2n) is 6.06. The van der Waals surface area contributed by atoms with Crippen molar-refractivity contribution in [2.45, 2.75) is 19.9 Å². The van der Waals surface area contributed by atoms with Crippen LogP contribution in [0.15, 0.2) is 58.5 Å². The van der Waals surface area contributed by atoms with Crippen LogP contribution in [0.5, 0.6) is 0 Å². The monoisotopic (exact) mass is 387 g/mol. The molecule has 2 aromatic carbocycles. The van der Waals surface area contributed by atoms with E-state index in [1.165, 1.54) is 30.3 Å². The molecule has 0 spiro atoms. The van der Waals surface area contributed by atoms with E-state index in [4.69, 9.17) is 4.52 Å². The number of halogens is 1. The maximum Gasteiger partial charge on any atom is 0.244 e. The first-order chi connectivity index (χ1) is 12.8. The van der Waals surface area contributed by atoms with Crippen LogP contribution in [-0.2, 0) is 10.0 Å². The number of benzene rings is 2. The molecule has 1 N–H and O–H groups in total. The number of rotatable bonds is 6. The highest BCUT2D eigenvalue weighted by Crippen LogP contribution is 2.19. The zero-order chi connectivity index (χ0) is 19.4. The summed E-state index contributed by atoms with van der Waals surface area (Å²) in [6.45, 7) is 3.55. The van der Waals surface area contributed by atoms with E-state index >= 15 is 0 Å². The Bertz CT molecular complexity index is 1040. The Hall–Kier alpha value is -2.84. The Kier molecular flexibility index (Phi) is 5.48. The van der Waals surface area contributed by atoms with Crippen molar-refractivity contribution in [1.82, 2.24) is 14.9 Å². The zero-order valence-electron chi connectivity index (χ0n) is 14.8. The highest BCUT2D eigenvalue weighted by Gasteiger charge is 2.19. The van der Waals surface area contributed by atoms with Gasteiger partial charge < -0.3 is 4.52 Å². The fourth-order valence-electron chi connectivity index (χ4n) is 2.31. The van der Waals surface area contributed by atoms with Gasteiger partial charge in [-0.25, -0.2) is 12.8 Å². The van der Waals surface area contributed by atoms with Gasteiger partial charge >= 0.3 is 0 Å². The summed E-state index contributed by atoms with van der Waals surface area (Å²) in [6, 6.07) is 12.3. The van der Waals surface area contributed by atoms with Crippen molar-refractivity contribution in [3.8, 4) is 11.4 Å². The molecule has 8 heteroatoms. The number of aromatic nitrogens is 2. The molecule has 0 aliphatic heterocycles. The van der Waals surface area contributed by atoms with Crippen molar-refractivity contribution in [2.24, 2.45) is 0 Å². The molecule has 140 valence electrons. The van der Waals surface area contributed by atoms with E-state index in [1.807, 2.05) is 31.2 Å². The lowest BCUT2D eigenvalue weighted by Gasteiger charge is -2.07. The predicted octanol–water partition coefficient (Wildman–Crippen LogP) is 3.84. The third-order valence-electron chi connectivity index (χ3n) is 3.77. The van der Waals surface area contributed by atoms with E-state index in [2.05, 4.69) is 14.9 Å². The Morgan fingerprint density at radius 2 is 1.78 bits per heavy atom. The van der Waals surface area contributed by atoms with Crippen molar-refractivity contribution in [3.63, 3.8) is 0 Å². The molecule has 1 heterocycles. The Balaban J connectivity index is 1.69. The lowest BCUT2D eigenvalue weighted by Crippen LogP contribution is -2.25. The summed E-state index contributed by atoms with van der Waals surface area (Å²) < 4.78 is 45.1. The molecular weight excluding hydrogens is 369 g/mol. The number of nitrogens with one attached hydrogen (secondary N) is 1. The standard InChI is InChI=1S/C19H18FN3O3S/c1-13-3-5-15(6-4-13)11-12-27(24,25)23-14(2)19-21-18(22-26-19)16-7-9-17(20)10-8-16/h3-12,14,23H,1-2H3/b12-11+. The average molecular weight is 387 g/mol. The van der Waals surface area contributed by atoms with Crippen LogP contribution >= 0.6 is 0 Å². The molecule has 0 saturated heterocycles.